The summed E-state index contributed by atoms with van der Waals surface area (Å²) in [5.74, 6) is 1.87. The lowest BCUT2D eigenvalue weighted by Gasteiger charge is -2.30. The SMILES string of the molecule is CCOc1cccc(NC(=O)C2CCCN(Cc3nc(-c4ccc(C)cc4)no3)C2)c1. The van der Waals surface area contributed by atoms with Crippen LogP contribution in [-0.2, 0) is 11.3 Å². The molecular weight excluding hydrogens is 392 g/mol. The molecule has 162 valence electrons. The number of benzene rings is 2. The first kappa shape index (κ1) is 21.1. The number of likely N-dealkylation sites (tertiary alicyclic amines) is 1. The molecule has 1 saturated heterocycles. The van der Waals surface area contributed by atoms with Crippen molar-refractivity contribution in [3.05, 3.63) is 60.0 Å². The molecule has 3 aromatic rings. The molecule has 2 aromatic carbocycles. The number of anilines is 1. The number of nitrogens with one attached hydrogen (secondary N) is 1. The van der Waals surface area contributed by atoms with Gasteiger partial charge in [0.15, 0.2) is 0 Å². The molecule has 1 aliphatic heterocycles. The average molecular weight is 421 g/mol. The van der Waals surface area contributed by atoms with Crippen molar-refractivity contribution in [3.8, 4) is 17.1 Å². The van der Waals surface area contributed by atoms with E-state index in [1.165, 1.54) is 5.56 Å². The Kier molecular flexibility index (Phi) is 6.62. The van der Waals surface area contributed by atoms with Crippen LogP contribution in [0.2, 0.25) is 0 Å². The zero-order valence-electron chi connectivity index (χ0n) is 18.0. The van der Waals surface area contributed by atoms with Gasteiger partial charge in [0.05, 0.1) is 19.1 Å². The molecule has 31 heavy (non-hydrogen) atoms. The Bertz CT molecular complexity index is 1020. The van der Waals surface area contributed by atoms with E-state index in [0.29, 0.717) is 31.4 Å². The van der Waals surface area contributed by atoms with Crippen molar-refractivity contribution in [3.63, 3.8) is 0 Å². The third kappa shape index (κ3) is 5.49. The van der Waals surface area contributed by atoms with Crippen LogP contribution >= 0.6 is 0 Å². The van der Waals surface area contributed by atoms with Crippen LogP contribution in [0.15, 0.2) is 53.1 Å². The number of carbonyl (C=O) groups is 1. The van der Waals surface area contributed by atoms with Crippen LogP contribution in [0, 0.1) is 12.8 Å². The molecule has 1 aliphatic rings. The fraction of sp³-hybridized carbons (Fsp3) is 0.375. The number of hydrogen-bond donors (Lipinski definition) is 1. The topological polar surface area (TPSA) is 80.5 Å². The van der Waals surface area contributed by atoms with E-state index in [9.17, 15) is 4.79 Å². The van der Waals surface area contributed by atoms with E-state index in [-0.39, 0.29) is 11.8 Å². The number of piperidine rings is 1. The van der Waals surface area contributed by atoms with Crippen LogP contribution in [0.3, 0.4) is 0 Å². The molecule has 1 unspecified atom stereocenters. The Morgan fingerprint density at radius 2 is 2.10 bits per heavy atom. The Morgan fingerprint density at radius 3 is 2.90 bits per heavy atom. The van der Waals surface area contributed by atoms with Crippen molar-refractivity contribution in [2.24, 2.45) is 5.92 Å². The van der Waals surface area contributed by atoms with Gasteiger partial charge in [0.25, 0.3) is 0 Å². The molecule has 0 aliphatic carbocycles. The second-order valence-electron chi connectivity index (χ2n) is 7.90. The molecule has 1 aromatic heterocycles. The highest BCUT2D eigenvalue weighted by atomic mass is 16.5. The summed E-state index contributed by atoms with van der Waals surface area (Å²) in [4.78, 5) is 19.6. The normalized spacial score (nSPS) is 16.8. The molecule has 2 heterocycles. The number of carbonyl (C=O) groups excluding carboxylic acids is 1. The van der Waals surface area contributed by atoms with Gasteiger partial charge < -0.3 is 14.6 Å². The quantitative estimate of drug-likeness (QED) is 0.614. The zero-order chi connectivity index (χ0) is 21.6. The van der Waals surface area contributed by atoms with Gasteiger partial charge in [-0.1, -0.05) is 41.1 Å². The van der Waals surface area contributed by atoms with Gasteiger partial charge in [-0.2, -0.15) is 4.98 Å². The zero-order valence-corrected chi connectivity index (χ0v) is 18.0. The summed E-state index contributed by atoms with van der Waals surface area (Å²) in [7, 11) is 0. The standard InChI is InChI=1S/C24H28N4O3/c1-3-30-21-8-4-7-20(14-21)25-24(29)19-6-5-13-28(15-19)16-22-26-23(27-31-22)18-11-9-17(2)10-12-18/h4,7-12,14,19H,3,5-6,13,15-16H2,1-2H3,(H,25,29). The highest BCUT2D eigenvalue weighted by Crippen LogP contribution is 2.23. The molecule has 0 saturated carbocycles. The first-order chi connectivity index (χ1) is 15.1. The van der Waals surface area contributed by atoms with Gasteiger partial charge in [-0.25, -0.2) is 0 Å². The maximum Gasteiger partial charge on any atom is 0.241 e. The third-order valence-electron chi connectivity index (χ3n) is 5.43. The van der Waals surface area contributed by atoms with Crippen LogP contribution in [-0.4, -0.2) is 40.6 Å². The predicted molar refractivity (Wildman–Crippen MR) is 119 cm³/mol. The summed E-state index contributed by atoms with van der Waals surface area (Å²) in [6.07, 6.45) is 1.82. The largest absolute Gasteiger partial charge is 0.494 e. The smallest absolute Gasteiger partial charge is 0.241 e. The summed E-state index contributed by atoms with van der Waals surface area (Å²) < 4.78 is 11.0. The van der Waals surface area contributed by atoms with Crippen molar-refractivity contribution in [1.82, 2.24) is 15.0 Å². The minimum atomic E-state index is -0.0796. The number of amides is 1. The average Bonchev–Trinajstić information content (AvgIpc) is 3.23. The molecule has 0 radical (unpaired) electrons. The van der Waals surface area contributed by atoms with Gasteiger partial charge in [0, 0.05) is 23.9 Å². The maximum atomic E-state index is 12.8. The van der Waals surface area contributed by atoms with E-state index in [2.05, 4.69) is 20.4 Å². The van der Waals surface area contributed by atoms with Gasteiger partial charge >= 0.3 is 0 Å². The number of aromatic nitrogens is 2. The Balaban J connectivity index is 1.35. The van der Waals surface area contributed by atoms with Crippen LogP contribution in [0.1, 0.15) is 31.2 Å². The summed E-state index contributed by atoms with van der Waals surface area (Å²) in [5.41, 5.74) is 2.88. The fourth-order valence-corrected chi connectivity index (χ4v) is 3.82. The Morgan fingerprint density at radius 1 is 1.26 bits per heavy atom. The number of ether oxygens (including phenoxy) is 1. The lowest BCUT2D eigenvalue weighted by molar-refractivity contribution is -0.121. The van der Waals surface area contributed by atoms with Crippen molar-refractivity contribution < 1.29 is 14.1 Å². The van der Waals surface area contributed by atoms with E-state index >= 15 is 0 Å². The van der Waals surface area contributed by atoms with Crippen LogP contribution < -0.4 is 10.1 Å². The van der Waals surface area contributed by atoms with E-state index in [1.54, 1.807) is 0 Å². The molecule has 0 spiro atoms. The van der Waals surface area contributed by atoms with Crippen molar-refractivity contribution in [2.45, 2.75) is 33.2 Å². The molecule has 1 amide bonds. The summed E-state index contributed by atoms with van der Waals surface area (Å²) >= 11 is 0. The highest BCUT2D eigenvalue weighted by molar-refractivity contribution is 5.92. The van der Waals surface area contributed by atoms with Crippen LogP contribution in [0.4, 0.5) is 5.69 Å². The van der Waals surface area contributed by atoms with Crippen LogP contribution in [0.25, 0.3) is 11.4 Å². The number of nitrogens with zero attached hydrogens (tertiary/aromatic N) is 3. The maximum absolute atomic E-state index is 12.8. The van der Waals surface area contributed by atoms with Gasteiger partial charge in [-0.3, -0.25) is 9.69 Å². The van der Waals surface area contributed by atoms with Gasteiger partial charge in [-0.15, -0.1) is 0 Å². The minimum Gasteiger partial charge on any atom is -0.494 e. The number of aryl methyl sites for hydroxylation is 1. The van der Waals surface area contributed by atoms with Crippen molar-refractivity contribution >= 4 is 11.6 Å². The Hall–Kier alpha value is -3.19. The highest BCUT2D eigenvalue weighted by Gasteiger charge is 2.27. The lowest BCUT2D eigenvalue weighted by atomic mass is 9.97. The first-order valence-corrected chi connectivity index (χ1v) is 10.8. The molecule has 1 atom stereocenters. The minimum absolute atomic E-state index is 0.0317. The van der Waals surface area contributed by atoms with E-state index in [4.69, 9.17) is 9.26 Å². The van der Waals surface area contributed by atoms with Gasteiger partial charge in [0.1, 0.15) is 5.75 Å². The van der Waals surface area contributed by atoms with Gasteiger partial charge in [-0.05, 0) is 45.4 Å². The number of rotatable bonds is 7. The summed E-state index contributed by atoms with van der Waals surface area (Å²) in [6, 6.07) is 15.6. The lowest BCUT2D eigenvalue weighted by Crippen LogP contribution is -2.40. The molecule has 7 nitrogen and oxygen atoms in total. The molecular formula is C24H28N4O3. The van der Waals surface area contributed by atoms with Crippen molar-refractivity contribution in [1.29, 1.82) is 0 Å². The fourth-order valence-electron chi connectivity index (χ4n) is 3.82. The predicted octanol–water partition coefficient (Wildman–Crippen LogP) is 4.29. The monoisotopic (exact) mass is 420 g/mol. The van der Waals surface area contributed by atoms with E-state index < -0.39 is 0 Å². The Labute approximate surface area is 182 Å². The molecule has 1 fully saturated rings. The molecule has 1 N–H and O–H groups in total. The second-order valence-corrected chi connectivity index (χ2v) is 7.90. The molecule has 4 rings (SSSR count). The molecule has 7 heteroatoms. The second kappa shape index (κ2) is 9.75. The summed E-state index contributed by atoms with van der Waals surface area (Å²) in [6.45, 7) is 6.70. The molecule has 0 bridgehead atoms. The van der Waals surface area contributed by atoms with E-state index in [1.807, 2.05) is 62.4 Å². The van der Waals surface area contributed by atoms with Crippen LogP contribution in [0.5, 0.6) is 5.75 Å². The van der Waals surface area contributed by atoms with E-state index in [0.717, 1.165) is 36.4 Å². The van der Waals surface area contributed by atoms with Crippen molar-refractivity contribution in [2.75, 3.05) is 25.0 Å². The third-order valence-corrected chi connectivity index (χ3v) is 5.43. The summed E-state index contributed by atoms with van der Waals surface area (Å²) in [5, 5.41) is 7.14. The number of hydrogen-bond acceptors (Lipinski definition) is 6. The van der Waals surface area contributed by atoms with Gasteiger partial charge in [0.2, 0.25) is 17.6 Å². The first-order valence-electron chi connectivity index (χ1n) is 10.8.